The molecule has 0 saturated heterocycles. The number of nitrogens with one attached hydrogen (secondary N) is 1. The zero-order valence-electron chi connectivity index (χ0n) is 10.1. The molecule has 2 rings (SSSR count). The summed E-state index contributed by atoms with van der Waals surface area (Å²) in [4.78, 5) is 4.03. The van der Waals surface area contributed by atoms with Crippen LogP contribution in [0.4, 0.5) is 0 Å². The van der Waals surface area contributed by atoms with E-state index in [2.05, 4.69) is 37.7 Å². The van der Waals surface area contributed by atoms with Crippen LogP contribution in [-0.2, 0) is 13.1 Å². The van der Waals surface area contributed by atoms with Crippen LogP contribution in [0.1, 0.15) is 12.5 Å². The fourth-order valence-corrected chi connectivity index (χ4v) is 2.46. The first-order chi connectivity index (χ1) is 8.65. The third-order valence-corrected chi connectivity index (χ3v) is 3.55. The van der Waals surface area contributed by atoms with E-state index in [-0.39, 0.29) is 0 Å². The van der Waals surface area contributed by atoms with Gasteiger partial charge in [-0.1, -0.05) is 33.6 Å². The Morgan fingerprint density at radius 1 is 1.50 bits per heavy atom. The molecule has 0 radical (unpaired) electrons. The second-order valence-electron chi connectivity index (χ2n) is 4.28. The van der Waals surface area contributed by atoms with Gasteiger partial charge >= 0.3 is 0 Å². The molecular formula is C13H15BrClN3. The first kappa shape index (κ1) is 13.6. The molecule has 0 amide bonds. The van der Waals surface area contributed by atoms with Gasteiger partial charge in [0.25, 0.3) is 0 Å². The molecule has 1 atom stereocenters. The number of hydrogen-bond donors (Lipinski definition) is 1. The summed E-state index contributed by atoms with van der Waals surface area (Å²) in [6.45, 7) is 3.81. The number of aromatic nitrogens is 2. The van der Waals surface area contributed by atoms with Crippen LogP contribution in [0.25, 0.3) is 0 Å². The summed E-state index contributed by atoms with van der Waals surface area (Å²) in [5.41, 5.74) is 1.11. The zero-order valence-corrected chi connectivity index (χ0v) is 12.4. The summed E-state index contributed by atoms with van der Waals surface area (Å²) < 4.78 is 3.06. The number of halogens is 2. The van der Waals surface area contributed by atoms with Gasteiger partial charge in [-0.2, -0.15) is 0 Å². The van der Waals surface area contributed by atoms with Gasteiger partial charge in [-0.05, 0) is 24.6 Å². The molecule has 1 aromatic heterocycles. The van der Waals surface area contributed by atoms with E-state index in [4.69, 9.17) is 11.6 Å². The van der Waals surface area contributed by atoms with Crippen LogP contribution in [0, 0.1) is 0 Å². The fourth-order valence-electron chi connectivity index (χ4n) is 1.72. The highest BCUT2D eigenvalue weighted by Crippen LogP contribution is 2.21. The molecule has 18 heavy (non-hydrogen) atoms. The van der Waals surface area contributed by atoms with Gasteiger partial charge in [-0.15, -0.1) is 0 Å². The molecule has 0 saturated carbocycles. The Balaban J connectivity index is 1.87. The van der Waals surface area contributed by atoms with Crippen molar-refractivity contribution in [3.8, 4) is 0 Å². The molecule has 0 fully saturated rings. The molecule has 0 aliphatic rings. The van der Waals surface area contributed by atoms with Crippen LogP contribution in [-0.4, -0.2) is 15.6 Å². The number of imidazole rings is 1. The van der Waals surface area contributed by atoms with Crippen LogP contribution < -0.4 is 5.32 Å². The van der Waals surface area contributed by atoms with Gasteiger partial charge in [0.05, 0.1) is 6.33 Å². The van der Waals surface area contributed by atoms with Gasteiger partial charge in [0.15, 0.2) is 0 Å². The minimum atomic E-state index is 0.360. The summed E-state index contributed by atoms with van der Waals surface area (Å²) in [6, 6.07) is 6.31. The molecule has 3 nitrogen and oxygen atoms in total. The molecule has 0 aliphatic heterocycles. The lowest BCUT2D eigenvalue weighted by Gasteiger charge is -2.15. The third kappa shape index (κ3) is 3.83. The van der Waals surface area contributed by atoms with Crippen molar-refractivity contribution in [2.75, 3.05) is 0 Å². The topological polar surface area (TPSA) is 29.9 Å². The minimum absolute atomic E-state index is 0.360. The molecule has 1 N–H and O–H groups in total. The maximum absolute atomic E-state index is 6.17. The van der Waals surface area contributed by atoms with E-state index in [1.54, 1.807) is 6.20 Å². The zero-order chi connectivity index (χ0) is 13.0. The Hall–Kier alpha value is -0.840. The van der Waals surface area contributed by atoms with Crippen molar-refractivity contribution in [2.45, 2.75) is 26.1 Å². The molecule has 5 heteroatoms. The Kier molecular flexibility index (Phi) is 4.80. The van der Waals surface area contributed by atoms with Crippen LogP contribution in [0.15, 0.2) is 41.4 Å². The van der Waals surface area contributed by atoms with Gasteiger partial charge in [-0.3, -0.25) is 0 Å². The second-order valence-corrected chi connectivity index (χ2v) is 5.60. The SMILES string of the molecule is CC(Cn1ccnc1)NCc1ccc(Br)cc1Cl. The first-order valence-electron chi connectivity index (χ1n) is 5.78. The Labute approximate surface area is 120 Å². The van der Waals surface area contributed by atoms with E-state index in [0.29, 0.717) is 6.04 Å². The lowest BCUT2D eigenvalue weighted by Crippen LogP contribution is -2.29. The van der Waals surface area contributed by atoms with Crippen molar-refractivity contribution >= 4 is 27.5 Å². The smallest absolute Gasteiger partial charge is 0.0946 e. The lowest BCUT2D eigenvalue weighted by atomic mass is 10.2. The van der Waals surface area contributed by atoms with Crippen LogP contribution in [0.3, 0.4) is 0 Å². The van der Waals surface area contributed by atoms with Gasteiger partial charge in [-0.25, -0.2) is 4.98 Å². The van der Waals surface area contributed by atoms with Crippen molar-refractivity contribution in [3.63, 3.8) is 0 Å². The van der Waals surface area contributed by atoms with Crippen molar-refractivity contribution < 1.29 is 0 Å². The number of rotatable bonds is 5. The predicted molar refractivity (Wildman–Crippen MR) is 77.7 cm³/mol. The first-order valence-corrected chi connectivity index (χ1v) is 6.95. The molecule has 96 valence electrons. The molecule has 1 unspecified atom stereocenters. The third-order valence-electron chi connectivity index (χ3n) is 2.70. The largest absolute Gasteiger partial charge is 0.336 e. The lowest BCUT2D eigenvalue weighted by molar-refractivity contribution is 0.476. The average molecular weight is 329 g/mol. The highest BCUT2D eigenvalue weighted by atomic mass is 79.9. The minimum Gasteiger partial charge on any atom is -0.336 e. The fraction of sp³-hybridized carbons (Fsp3) is 0.308. The van der Waals surface area contributed by atoms with E-state index >= 15 is 0 Å². The maximum atomic E-state index is 6.17. The van der Waals surface area contributed by atoms with E-state index in [1.807, 2.05) is 30.7 Å². The normalized spacial score (nSPS) is 12.6. The van der Waals surface area contributed by atoms with Gasteiger partial charge in [0.2, 0.25) is 0 Å². The predicted octanol–water partition coefficient (Wildman–Crippen LogP) is 3.48. The quantitative estimate of drug-likeness (QED) is 0.910. The second kappa shape index (κ2) is 6.36. The summed E-state index contributed by atoms with van der Waals surface area (Å²) in [7, 11) is 0. The molecule has 1 aromatic carbocycles. The molecule has 0 bridgehead atoms. The Morgan fingerprint density at radius 2 is 2.33 bits per heavy atom. The van der Waals surface area contributed by atoms with Crippen molar-refractivity contribution in [1.29, 1.82) is 0 Å². The Morgan fingerprint density at radius 3 is 3.00 bits per heavy atom. The average Bonchev–Trinajstić information content (AvgIpc) is 2.80. The summed E-state index contributed by atoms with van der Waals surface area (Å²) in [5.74, 6) is 0. The van der Waals surface area contributed by atoms with Crippen LogP contribution >= 0.6 is 27.5 Å². The van der Waals surface area contributed by atoms with Crippen molar-refractivity contribution in [2.24, 2.45) is 0 Å². The summed E-state index contributed by atoms with van der Waals surface area (Å²) in [6.07, 6.45) is 5.58. The molecule has 0 spiro atoms. The number of nitrogens with zero attached hydrogens (tertiary/aromatic N) is 2. The van der Waals surface area contributed by atoms with Crippen molar-refractivity contribution in [3.05, 3.63) is 52.0 Å². The van der Waals surface area contributed by atoms with E-state index < -0.39 is 0 Å². The van der Waals surface area contributed by atoms with E-state index in [0.717, 1.165) is 28.1 Å². The standard InChI is InChI=1S/C13H15BrClN3/c1-10(8-18-5-4-16-9-18)17-7-11-2-3-12(14)6-13(11)15/h2-6,9-10,17H,7-8H2,1H3. The van der Waals surface area contributed by atoms with Crippen molar-refractivity contribution in [1.82, 2.24) is 14.9 Å². The summed E-state index contributed by atoms with van der Waals surface area (Å²) >= 11 is 9.57. The Bertz CT molecular complexity index is 499. The van der Waals surface area contributed by atoms with Gasteiger partial charge in [0, 0.05) is 41.0 Å². The molecular weight excluding hydrogens is 314 g/mol. The number of benzene rings is 1. The monoisotopic (exact) mass is 327 g/mol. The molecule has 1 heterocycles. The van der Waals surface area contributed by atoms with Crippen LogP contribution in [0.5, 0.6) is 0 Å². The van der Waals surface area contributed by atoms with Crippen LogP contribution in [0.2, 0.25) is 5.02 Å². The highest BCUT2D eigenvalue weighted by Gasteiger charge is 2.05. The van der Waals surface area contributed by atoms with E-state index in [1.165, 1.54) is 0 Å². The maximum Gasteiger partial charge on any atom is 0.0946 e. The van der Waals surface area contributed by atoms with Gasteiger partial charge in [0.1, 0.15) is 0 Å². The van der Waals surface area contributed by atoms with Gasteiger partial charge < -0.3 is 9.88 Å². The highest BCUT2D eigenvalue weighted by molar-refractivity contribution is 9.10. The number of hydrogen-bond acceptors (Lipinski definition) is 2. The molecule has 0 aliphatic carbocycles. The van der Waals surface area contributed by atoms with E-state index in [9.17, 15) is 0 Å². The molecule has 2 aromatic rings. The summed E-state index contributed by atoms with van der Waals surface area (Å²) in [5, 5.41) is 4.23.